The molecule has 0 heterocycles. The topological polar surface area (TPSA) is 0 Å². The van der Waals surface area contributed by atoms with Crippen LogP contribution in [0.15, 0.2) is 0 Å². The smallest absolute Gasteiger partial charge is 0 e. The monoisotopic (exact) mass is 470 g/mol. The van der Waals surface area contributed by atoms with Gasteiger partial charge >= 0.3 is 0 Å². The van der Waals surface area contributed by atoms with Crippen LogP contribution < -0.4 is 0 Å². The minimum atomic E-state index is 0. The molecule has 0 saturated carbocycles. The first-order valence-electron chi connectivity index (χ1n) is 0. The van der Waals surface area contributed by atoms with Gasteiger partial charge < -0.3 is 0 Å². The van der Waals surface area contributed by atoms with E-state index in [-0.39, 0.29) is 99.5 Å². The first-order chi connectivity index (χ1) is 0. The van der Waals surface area contributed by atoms with Crippen molar-refractivity contribution in [3.05, 3.63) is 0 Å². The van der Waals surface area contributed by atoms with Gasteiger partial charge in [-0.05, 0) is 0 Å². The van der Waals surface area contributed by atoms with Crippen molar-refractivity contribution in [2.75, 3.05) is 0 Å². The molecule has 0 unspecified atom stereocenters. The van der Waals surface area contributed by atoms with Crippen LogP contribution in [0.3, 0.4) is 0 Å². The molecule has 0 aliphatic carbocycles. The molecule has 0 saturated heterocycles. The van der Waals surface area contributed by atoms with Gasteiger partial charge in [0.15, 0.2) is 0 Å². The summed E-state index contributed by atoms with van der Waals surface area (Å²) >= 11 is 0. The van der Waals surface area contributed by atoms with Crippen molar-refractivity contribution in [2.45, 2.75) is 0 Å². The molecule has 0 aliphatic heterocycles. The summed E-state index contributed by atoms with van der Waals surface area (Å²) in [5.41, 5.74) is 0. The van der Waals surface area contributed by atoms with Crippen LogP contribution in [0.25, 0.3) is 0 Å². The molecule has 14 radical (unpaired) electrons. The van der Waals surface area contributed by atoms with Crippen molar-refractivity contribution < 1.29 is 0 Å². The van der Waals surface area contributed by atoms with Crippen LogP contribution in [0.1, 0.15) is 0 Å². The Hall–Kier alpha value is 3.34. The van der Waals surface area contributed by atoms with E-state index in [0.717, 1.165) is 0 Å². The molecular weight excluding hydrogens is 467 g/mol. The van der Waals surface area contributed by atoms with E-state index in [1.165, 1.54) is 0 Å². The van der Waals surface area contributed by atoms with Crippen LogP contribution in [0, 0.1) is 0 Å². The van der Waals surface area contributed by atoms with E-state index in [4.69, 9.17) is 0 Å². The third kappa shape index (κ3) is 9.02. The predicted molar refractivity (Wildman–Crippen MR) is 23.0 cm³/mol. The van der Waals surface area contributed by atoms with Gasteiger partial charge in [-0.15, -0.1) is 0 Å². The number of hydrogen-bond donors (Lipinski definition) is 0. The SMILES string of the molecule is [In].[In].[Sn].[Sn]. The van der Waals surface area contributed by atoms with Crippen molar-refractivity contribution in [2.24, 2.45) is 0 Å². The summed E-state index contributed by atoms with van der Waals surface area (Å²) in [6, 6.07) is 0. The quantitative estimate of drug-likeness (QED) is 0.380. The molecule has 0 aliphatic rings. The van der Waals surface area contributed by atoms with Crippen LogP contribution in [-0.4, -0.2) is 99.5 Å². The zero-order valence-corrected chi connectivity index (χ0v) is 14.5. The van der Waals surface area contributed by atoms with Gasteiger partial charge in [0.2, 0.25) is 0 Å². The summed E-state index contributed by atoms with van der Waals surface area (Å²) in [6.07, 6.45) is 0. The van der Waals surface area contributed by atoms with E-state index in [9.17, 15) is 0 Å². The van der Waals surface area contributed by atoms with Crippen LogP contribution in [0.4, 0.5) is 0 Å². The van der Waals surface area contributed by atoms with Crippen molar-refractivity contribution in [3.63, 3.8) is 0 Å². The summed E-state index contributed by atoms with van der Waals surface area (Å²) in [5.74, 6) is 0. The Morgan fingerprint density at radius 1 is 0.500 bits per heavy atom. The molecule has 4 heteroatoms. The summed E-state index contributed by atoms with van der Waals surface area (Å²) in [7, 11) is 0. The molecule has 0 bridgehead atoms. The van der Waals surface area contributed by atoms with Gasteiger partial charge in [-0.2, -0.15) is 0 Å². The second-order valence-electron chi connectivity index (χ2n) is 0. The molecule has 0 aromatic rings. The summed E-state index contributed by atoms with van der Waals surface area (Å²) < 4.78 is 0. The maximum atomic E-state index is 0. The fourth-order valence-corrected chi connectivity index (χ4v) is 0. The van der Waals surface area contributed by atoms with Gasteiger partial charge in [-0.3, -0.25) is 0 Å². The zero-order chi connectivity index (χ0) is 0. The van der Waals surface area contributed by atoms with E-state index in [1.54, 1.807) is 0 Å². The van der Waals surface area contributed by atoms with Gasteiger partial charge in [-0.25, -0.2) is 0 Å². The molecule has 0 nitrogen and oxygen atoms in total. The van der Waals surface area contributed by atoms with Gasteiger partial charge in [0.25, 0.3) is 0 Å². The van der Waals surface area contributed by atoms with Crippen molar-refractivity contribution >= 4 is 99.5 Å². The normalized spacial score (nSPS) is 0. The van der Waals surface area contributed by atoms with Crippen molar-refractivity contribution in [1.29, 1.82) is 0 Å². The van der Waals surface area contributed by atoms with Crippen molar-refractivity contribution in [1.82, 2.24) is 0 Å². The van der Waals surface area contributed by atoms with Gasteiger partial charge in [0, 0.05) is 99.5 Å². The second kappa shape index (κ2) is 16.2. The average Bonchev–Trinajstić information content (AvgIpc) is 0. The molecule has 0 rings (SSSR count). The van der Waals surface area contributed by atoms with Crippen LogP contribution >= 0.6 is 0 Å². The average molecular weight is 467 g/mol. The van der Waals surface area contributed by atoms with Crippen LogP contribution in [0.2, 0.25) is 0 Å². The Morgan fingerprint density at radius 3 is 0.500 bits per heavy atom. The number of hydrogen-bond acceptors (Lipinski definition) is 0. The predicted octanol–water partition coefficient (Wildman–Crippen LogP) is -1.52. The van der Waals surface area contributed by atoms with E-state index in [0.29, 0.717) is 0 Å². The van der Waals surface area contributed by atoms with Crippen LogP contribution in [0.5, 0.6) is 0 Å². The Labute approximate surface area is 97.3 Å². The van der Waals surface area contributed by atoms with Gasteiger partial charge in [0.05, 0.1) is 0 Å². The zero-order valence-electron chi connectivity index (χ0n) is 2.15. The van der Waals surface area contributed by atoms with Crippen molar-refractivity contribution in [3.8, 4) is 0 Å². The first-order valence-corrected chi connectivity index (χ1v) is 0. The van der Waals surface area contributed by atoms with Gasteiger partial charge in [-0.1, -0.05) is 0 Å². The largest absolute Gasteiger partial charge is 0 e. The fraction of sp³-hybridized carbons (Fsp3) is 0. The van der Waals surface area contributed by atoms with E-state index in [1.807, 2.05) is 0 Å². The van der Waals surface area contributed by atoms with E-state index >= 15 is 0 Å². The standard InChI is InChI=1S/2In.2Sn. The summed E-state index contributed by atoms with van der Waals surface area (Å²) in [6.45, 7) is 0. The second-order valence-corrected chi connectivity index (χ2v) is 0. The van der Waals surface area contributed by atoms with E-state index in [2.05, 4.69) is 0 Å². The summed E-state index contributed by atoms with van der Waals surface area (Å²) in [5, 5.41) is 0. The van der Waals surface area contributed by atoms with Gasteiger partial charge in [0.1, 0.15) is 0 Å². The Balaban J connectivity index is 0. The molecule has 0 aromatic carbocycles. The molecule has 14 valence electrons. The molecule has 0 spiro atoms. The minimum absolute atomic E-state index is 0. The third-order valence-corrected chi connectivity index (χ3v) is 0. The Bertz CT molecular complexity index is 4.00. The first kappa shape index (κ1) is 26.5. The fourth-order valence-electron chi connectivity index (χ4n) is 0. The molecule has 0 fully saturated rings. The van der Waals surface area contributed by atoms with Crippen LogP contribution in [-0.2, 0) is 0 Å². The maximum absolute atomic E-state index is 0. The molecule has 0 aromatic heterocycles. The van der Waals surface area contributed by atoms with E-state index < -0.39 is 0 Å². The molecule has 0 atom stereocenters. The molecule has 0 amide bonds. The maximum Gasteiger partial charge on any atom is 0 e. The minimum Gasteiger partial charge on any atom is 0 e. The number of rotatable bonds is 0. The molecular formula is In2Sn2. The Kier molecular flexibility index (Phi) is 107. The molecule has 0 N–H and O–H groups in total. The molecule has 4 heavy (non-hydrogen) atoms. The third-order valence-electron chi connectivity index (χ3n) is 0. The Morgan fingerprint density at radius 2 is 0.500 bits per heavy atom. The summed E-state index contributed by atoms with van der Waals surface area (Å²) in [4.78, 5) is 0.